The first kappa shape index (κ1) is 22.6. The Hall–Kier alpha value is -0.650. The van der Waals surface area contributed by atoms with Crippen molar-refractivity contribution in [2.75, 3.05) is 19.4 Å². The molecule has 1 atom stereocenters. The Balaban J connectivity index is 2.23. The van der Waals surface area contributed by atoms with Crippen molar-refractivity contribution in [3.05, 3.63) is 62.9 Å². The van der Waals surface area contributed by atoms with Gasteiger partial charge < -0.3 is 14.4 Å². The zero-order valence-electron chi connectivity index (χ0n) is 15.1. The van der Waals surface area contributed by atoms with Crippen LogP contribution in [0.4, 0.5) is 0 Å². The monoisotopic (exact) mass is 450 g/mol. The highest BCUT2D eigenvalue weighted by atomic mass is 35.5. The SMILES string of the molecule is CCOP(=O)(CC(NCc1cc(Cl)nc(Cl)c1)c1ccc(Cl)cc1)OCC. The lowest BCUT2D eigenvalue weighted by Gasteiger charge is -2.25. The standard InChI is InChI=1S/C18H22Cl3N2O3P/c1-3-25-27(24,26-4-2)12-16(14-5-7-15(19)8-6-14)22-11-13-9-17(20)23-18(21)10-13/h5-10,16,22H,3-4,11-12H2,1-2H3. The molecular formula is C18H22Cl3N2O3P. The number of pyridine rings is 1. The van der Waals surface area contributed by atoms with E-state index >= 15 is 0 Å². The van der Waals surface area contributed by atoms with Crippen molar-refractivity contribution >= 4 is 42.4 Å². The van der Waals surface area contributed by atoms with Crippen LogP contribution in [0.15, 0.2) is 36.4 Å². The molecule has 5 nitrogen and oxygen atoms in total. The maximum Gasteiger partial charge on any atom is 0.332 e. The van der Waals surface area contributed by atoms with Gasteiger partial charge in [0, 0.05) is 17.6 Å². The van der Waals surface area contributed by atoms with Crippen LogP contribution in [0.5, 0.6) is 0 Å². The van der Waals surface area contributed by atoms with E-state index in [1.54, 1.807) is 38.1 Å². The number of nitrogens with one attached hydrogen (secondary N) is 1. The fourth-order valence-electron chi connectivity index (χ4n) is 2.60. The first-order valence-corrected chi connectivity index (χ1v) is 11.4. The van der Waals surface area contributed by atoms with E-state index in [-0.39, 0.29) is 12.2 Å². The Morgan fingerprint density at radius 1 is 1.04 bits per heavy atom. The molecule has 1 aromatic heterocycles. The average Bonchev–Trinajstić information content (AvgIpc) is 2.59. The van der Waals surface area contributed by atoms with E-state index in [0.29, 0.717) is 35.1 Å². The van der Waals surface area contributed by atoms with Gasteiger partial charge in [-0.2, -0.15) is 0 Å². The fourth-order valence-corrected chi connectivity index (χ4v) is 5.09. The summed E-state index contributed by atoms with van der Waals surface area (Å²) in [5.74, 6) is 0. The molecule has 0 aliphatic carbocycles. The zero-order chi connectivity index (χ0) is 19.9. The van der Waals surface area contributed by atoms with Gasteiger partial charge in [0.2, 0.25) is 0 Å². The quantitative estimate of drug-likeness (QED) is 0.347. The molecule has 0 radical (unpaired) electrons. The van der Waals surface area contributed by atoms with Crippen LogP contribution in [0.1, 0.15) is 31.0 Å². The summed E-state index contributed by atoms with van der Waals surface area (Å²) in [5, 5.41) is 4.64. The third-order valence-electron chi connectivity index (χ3n) is 3.71. The predicted molar refractivity (Wildman–Crippen MR) is 111 cm³/mol. The lowest BCUT2D eigenvalue weighted by atomic mass is 10.1. The van der Waals surface area contributed by atoms with E-state index in [1.807, 2.05) is 12.1 Å². The minimum absolute atomic E-state index is 0.183. The molecule has 0 aliphatic rings. The van der Waals surface area contributed by atoms with Gasteiger partial charge in [-0.3, -0.25) is 4.57 Å². The normalized spacial score (nSPS) is 12.9. The van der Waals surface area contributed by atoms with Crippen molar-refractivity contribution in [3.63, 3.8) is 0 Å². The summed E-state index contributed by atoms with van der Waals surface area (Å²) in [6, 6.07) is 10.5. The van der Waals surface area contributed by atoms with Gasteiger partial charge in [0.15, 0.2) is 0 Å². The topological polar surface area (TPSA) is 60.5 Å². The molecular weight excluding hydrogens is 430 g/mol. The van der Waals surface area contributed by atoms with Gasteiger partial charge in [-0.05, 0) is 49.2 Å². The highest BCUT2D eigenvalue weighted by Gasteiger charge is 2.29. The van der Waals surface area contributed by atoms with E-state index in [4.69, 9.17) is 43.9 Å². The lowest BCUT2D eigenvalue weighted by molar-refractivity contribution is 0.217. The molecule has 2 aromatic rings. The summed E-state index contributed by atoms with van der Waals surface area (Å²) < 4.78 is 23.9. The number of halogens is 3. The van der Waals surface area contributed by atoms with Crippen molar-refractivity contribution in [1.29, 1.82) is 0 Å². The second-order valence-electron chi connectivity index (χ2n) is 5.73. The Morgan fingerprint density at radius 2 is 1.59 bits per heavy atom. The Kier molecular flexibility index (Phi) is 9.03. The maximum atomic E-state index is 13.0. The molecule has 0 aliphatic heterocycles. The predicted octanol–water partition coefficient (Wildman–Crippen LogP) is 6.14. The van der Waals surface area contributed by atoms with E-state index in [0.717, 1.165) is 11.1 Å². The van der Waals surface area contributed by atoms with Gasteiger partial charge in [0.05, 0.1) is 19.4 Å². The minimum atomic E-state index is -3.25. The number of hydrogen-bond acceptors (Lipinski definition) is 5. The molecule has 0 saturated carbocycles. The second-order valence-corrected chi connectivity index (χ2v) is 9.05. The number of benzene rings is 1. The Labute approximate surface area is 174 Å². The summed E-state index contributed by atoms with van der Waals surface area (Å²) >= 11 is 17.9. The summed E-state index contributed by atoms with van der Waals surface area (Å²) in [6.45, 7) is 4.64. The molecule has 0 spiro atoms. The van der Waals surface area contributed by atoms with E-state index in [2.05, 4.69) is 10.3 Å². The van der Waals surface area contributed by atoms with Gasteiger partial charge in [0.25, 0.3) is 0 Å². The van der Waals surface area contributed by atoms with Crippen LogP contribution in [-0.4, -0.2) is 24.4 Å². The van der Waals surface area contributed by atoms with Crippen LogP contribution in [0.25, 0.3) is 0 Å². The summed E-state index contributed by atoms with van der Waals surface area (Å²) in [6.07, 6.45) is 0.183. The molecule has 148 valence electrons. The van der Waals surface area contributed by atoms with Gasteiger partial charge in [-0.25, -0.2) is 4.98 Å². The molecule has 9 heteroatoms. The highest BCUT2D eigenvalue weighted by Crippen LogP contribution is 2.50. The van der Waals surface area contributed by atoms with Crippen LogP contribution < -0.4 is 5.32 Å². The summed E-state index contributed by atoms with van der Waals surface area (Å²) in [5.41, 5.74) is 1.78. The first-order chi connectivity index (χ1) is 12.8. The molecule has 0 saturated heterocycles. The molecule has 2 rings (SSSR count). The van der Waals surface area contributed by atoms with Gasteiger partial charge in [-0.1, -0.05) is 46.9 Å². The fraction of sp³-hybridized carbons (Fsp3) is 0.389. The van der Waals surface area contributed by atoms with Crippen molar-refractivity contribution in [1.82, 2.24) is 10.3 Å². The maximum absolute atomic E-state index is 13.0. The van der Waals surface area contributed by atoms with Crippen molar-refractivity contribution in [3.8, 4) is 0 Å². The van der Waals surface area contributed by atoms with Gasteiger partial charge in [0.1, 0.15) is 10.3 Å². The third-order valence-corrected chi connectivity index (χ3v) is 6.46. The molecule has 0 amide bonds. The molecule has 0 fully saturated rings. The molecule has 1 N–H and O–H groups in total. The summed E-state index contributed by atoms with van der Waals surface area (Å²) in [4.78, 5) is 3.94. The first-order valence-electron chi connectivity index (χ1n) is 8.54. The molecule has 0 bridgehead atoms. The van der Waals surface area contributed by atoms with Crippen LogP contribution in [0, 0.1) is 0 Å². The largest absolute Gasteiger partial charge is 0.332 e. The second kappa shape index (κ2) is 10.8. The minimum Gasteiger partial charge on any atom is -0.309 e. The van der Waals surface area contributed by atoms with Crippen LogP contribution in [-0.2, 0) is 20.2 Å². The van der Waals surface area contributed by atoms with Crippen LogP contribution in [0.2, 0.25) is 15.3 Å². The number of nitrogens with zero attached hydrogens (tertiary/aromatic N) is 1. The van der Waals surface area contributed by atoms with Crippen LogP contribution in [0.3, 0.4) is 0 Å². The van der Waals surface area contributed by atoms with E-state index in [1.165, 1.54) is 0 Å². The van der Waals surface area contributed by atoms with Crippen molar-refractivity contribution in [2.24, 2.45) is 0 Å². The molecule has 27 heavy (non-hydrogen) atoms. The number of hydrogen-bond donors (Lipinski definition) is 1. The lowest BCUT2D eigenvalue weighted by Crippen LogP contribution is -2.25. The van der Waals surface area contributed by atoms with Gasteiger partial charge >= 0.3 is 7.60 Å². The third kappa shape index (κ3) is 7.35. The Morgan fingerprint density at radius 3 is 2.11 bits per heavy atom. The molecule has 1 heterocycles. The Bertz CT molecular complexity index is 760. The van der Waals surface area contributed by atoms with E-state index in [9.17, 15) is 4.57 Å². The van der Waals surface area contributed by atoms with Gasteiger partial charge in [-0.15, -0.1) is 0 Å². The molecule has 1 aromatic carbocycles. The smallest absolute Gasteiger partial charge is 0.309 e. The molecule has 1 unspecified atom stereocenters. The van der Waals surface area contributed by atoms with E-state index < -0.39 is 7.60 Å². The summed E-state index contributed by atoms with van der Waals surface area (Å²) in [7, 11) is -3.25. The number of rotatable bonds is 10. The highest BCUT2D eigenvalue weighted by molar-refractivity contribution is 7.53. The zero-order valence-corrected chi connectivity index (χ0v) is 18.3. The number of aromatic nitrogens is 1. The van der Waals surface area contributed by atoms with Crippen LogP contribution >= 0.6 is 42.4 Å². The van der Waals surface area contributed by atoms with Crippen molar-refractivity contribution in [2.45, 2.75) is 26.4 Å². The van der Waals surface area contributed by atoms with Crippen molar-refractivity contribution < 1.29 is 13.6 Å². The average molecular weight is 452 g/mol.